The van der Waals surface area contributed by atoms with Crippen molar-refractivity contribution in [1.82, 2.24) is 19.8 Å². The molecule has 0 atom stereocenters. The van der Waals surface area contributed by atoms with Crippen molar-refractivity contribution < 1.29 is 9.32 Å². The Hall–Kier alpha value is -4.43. The van der Waals surface area contributed by atoms with Gasteiger partial charge < -0.3 is 15.2 Å². The van der Waals surface area contributed by atoms with Gasteiger partial charge in [0.25, 0.3) is 5.91 Å². The standard InChI is InChI=1S/C31H30N6O2/c1-20-25-14-17-36(31(38)29(25)37(33-20)24-12-13-28-27(18-24)30(32)34-39-28)23-10-8-21(9-11-23)26-7-3-2-6-22(26)19-35-15-4-5-16-35/h2-3,6-13,18H,4-5,14-17,19H2,1H3,(H2,32,34). The Labute approximate surface area is 226 Å². The number of amides is 1. The number of nitrogens with zero attached hydrogens (tertiary/aromatic N) is 5. The van der Waals surface area contributed by atoms with Crippen molar-refractivity contribution in [1.29, 1.82) is 0 Å². The number of fused-ring (bicyclic) bond motifs is 2. The third kappa shape index (κ3) is 4.08. The van der Waals surface area contributed by atoms with E-state index in [-0.39, 0.29) is 5.91 Å². The number of benzene rings is 3. The second-order valence-corrected chi connectivity index (χ2v) is 10.5. The molecule has 2 aromatic heterocycles. The molecule has 0 spiro atoms. The van der Waals surface area contributed by atoms with Crippen LogP contribution < -0.4 is 10.6 Å². The van der Waals surface area contributed by atoms with Crippen LogP contribution in [0.1, 0.15) is 40.2 Å². The van der Waals surface area contributed by atoms with Gasteiger partial charge in [0.2, 0.25) is 0 Å². The Balaban J connectivity index is 1.19. The fraction of sp³-hybridized carbons (Fsp3) is 0.258. The van der Waals surface area contributed by atoms with Crippen LogP contribution in [0.2, 0.25) is 0 Å². The molecule has 2 aliphatic rings. The highest BCUT2D eigenvalue weighted by atomic mass is 16.5. The summed E-state index contributed by atoms with van der Waals surface area (Å²) in [5, 5.41) is 9.29. The first-order chi connectivity index (χ1) is 19.1. The number of carbonyl (C=O) groups excluding carboxylic acids is 1. The molecule has 0 bridgehead atoms. The van der Waals surface area contributed by atoms with E-state index in [1.54, 1.807) is 4.68 Å². The molecule has 39 heavy (non-hydrogen) atoms. The van der Waals surface area contributed by atoms with Crippen LogP contribution in [-0.2, 0) is 13.0 Å². The lowest BCUT2D eigenvalue weighted by molar-refractivity contribution is 0.0973. The number of carbonyl (C=O) groups is 1. The molecular formula is C31H30N6O2. The number of aryl methyl sites for hydroxylation is 1. The van der Waals surface area contributed by atoms with Crippen molar-refractivity contribution in [3.8, 4) is 16.8 Å². The number of nitrogen functional groups attached to an aromatic ring is 1. The lowest BCUT2D eigenvalue weighted by Crippen LogP contribution is -2.38. The van der Waals surface area contributed by atoms with E-state index < -0.39 is 0 Å². The fourth-order valence-corrected chi connectivity index (χ4v) is 5.98. The van der Waals surface area contributed by atoms with Gasteiger partial charge in [0, 0.05) is 24.3 Å². The van der Waals surface area contributed by atoms with E-state index in [0.717, 1.165) is 35.6 Å². The third-order valence-electron chi connectivity index (χ3n) is 8.04. The molecular weight excluding hydrogens is 488 g/mol. The van der Waals surface area contributed by atoms with Gasteiger partial charge in [0.05, 0.1) is 16.8 Å². The average Bonchev–Trinajstić information content (AvgIpc) is 3.69. The smallest absolute Gasteiger partial charge is 0.277 e. The van der Waals surface area contributed by atoms with Crippen LogP contribution in [-0.4, -0.2) is 45.4 Å². The molecule has 1 fully saturated rings. The molecule has 3 aromatic carbocycles. The molecule has 2 aliphatic heterocycles. The molecule has 0 radical (unpaired) electrons. The second-order valence-electron chi connectivity index (χ2n) is 10.5. The monoisotopic (exact) mass is 518 g/mol. The van der Waals surface area contributed by atoms with Crippen LogP contribution in [0.15, 0.2) is 71.3 Å². The van der Waals surface area contributed by atoms with Gasteiger partial charge in [-0.25, -0.2) is 4.68 Å². The van der Waals surface area contributed by atoms with Gasteiger partial charge in [-0.1, -0.05) is 41.6 Å². The quantitative estimate of drug-likeness (QED) is 0.336. The van der Waals surface area contributed by atoms with Crippen molar-refractivity contribution in [3.05, 3.63) is 89.2 Å². The summed E-state index contributed by atoms with van der Waals surface area (Å²) < 4.78 is 6.98. The largest absolute Gasteiger partial charge is 0.380 e. The Morgan fingerprint density at radius 1 is 0.949 bits per heavy atom. The molecule has 1 saturated heterocycles. The van der Waals surface area contributed by atoms with Crippen LogP contribution in [0, 0.1) is 6.92 Å². The van der Waals surface area contributed by atoms with Gasteiger partial charge in [0.15, 0.2) is 11.4 Å². The molecule has 8 nitrogen and oxygen atoms in total. The van der Waals surface area contributed by atoms with E-state index in [1.165, 1.54) is 42.6 Å². The molecule has 196 valence electrons. The van der Waals surface area contributed by atoms with Crippen LogP contribution in [0.3, 0.4) is 0 Å². The maximum atomic E-state index is 13.9. The zero-order chi connectivity index (χ0) is 26.5. The zero-order valence-electron chi connectivity index (χ0n) is 21.9. The molecule has 0 saturated carbocycles. The first kappa shape index (κ1) is 23.7. The van der Waals surface area contributed by atoms with Gasteiger partial charge in [-0.2, -0.15) is 5.10 Å². The van der Waals surface area contributed by atoms with Crippen LogP contribution >= 0.6 is 0 Å². The normalized spacial score (nSPS) is 15.8. The maximum Gasteiger partial charge on any atom is 0.277 e. The second kappa shape index (κ2) is 9.39. The summed E-state index contributed by atoms with van der Waals surface area (Å²) >= 11 is 0. The molecule has 4 heterocycles. The minimum atomic E-state index is -0.0579. The van der Waals surface area contributed by atoms with Crippen LogP contribution in [0.4, 0.5) is 11.5 Å². The van der Waals surface area contributed by atoms with Crippen molar-refractivity contribution in [2.75, 3.05) is 30.3 Å². The minimum absolute atomic E-state index is 0.0579. The number of anilines is 2. The number of hydrogen-bond acceptors (Lipinski definition) is 6. The minimum Gasteiger partial charge on any atom is -0.380 e. The molecule has 8 heteroatoms. The number of aromatic nitrogens is 3. The first-order valence-corrected chi connectivity index (χ1v) is 13.5. The summed E-state index contributed by atoms with van der Waals surface area (Å²) in [4.78, 5) is 18.3. The Morgan fingerprint density at radius 2 is 1.72 bits per heavy atom. The molecule has 7 rings (SSSR count). The van der Waals surface area contributed by atoms with Gasteiger partial charge in [0.1, 0.15) is 5.69 Å². The Morgan fingerprint density at radius 3 is 2.54 bits per heavy atom. The van der Waals surface area contributed by atoms with Crippen molar-refractivity contribution >= 4 is 28.4 Å². The van der Waals surface area contributed by atoms with E-state index in [2.05, 4.69) is 58.6 Å². The van der Waals surface area contributed by atoms with Gasteiger partial charge in [-0.15, -0.1) is 0 Å². The zero-order valence-corrected chi connectivity index (χ0v) is 21.9. The lowest BCUT2D eigenvalue weighted by atomic mass is 9.98. The summed E-state index contributed by atoms with van der Waals surface area (Å²) in [6.07, 6.45) is 3.30. The Kier molecular flexibility index (Phi) is 5.70. The first-order valence-electron chi connectivity index (χ1n) is 13.5. The van der Waals surface area contributed by atoms with Gasteiger partial charge in [-0.05, 0) is 86.3 Å². The van der Waals surface area contributed by atoms with Crippen molar-refractivity contribution in [2.45, 2.75) is 32.7 Å². The molecule has 5 aromatic rings. The lowest BCUT2D eigenvalue weighted by Gasteiger charge is -2.28. The van der Waals surface area contributed by atoms with E-state index >= 15 is 0 Å². The highest BCUT2D eigenvalue weighted by molar-refractivity contribution is 6.07. The van der Waals surface area contributed by atoms with Crippen LogP contribution in [0.25, 0.3) is 27.8 Å². The van der Waals surface area contributed by atoms with E-state index in [9.17, 15) is 4.79 Å². The van der Waals surface area contributed by atoms with Gasteiger partial charge >= 0.3 is 0 Å². The maximum absolute atomic E-state index is 13.9. The van der Waals surface area contributed by atoms with E-state index in [1.807, 2.05) is 30.0 Å². The predicted molar refractivity (Wildman–Crippen MR) is 152 cm³/mol. The van der Waals surface area contributed by atoms with Crippen molar-refractivity contribution in [3.63, 3.8) is 0 Å². The average molecular weight is 519 g/mol. The van der Waals surface area contributed by atoms with Crippen molar-refractivity contribution in [2.24, 2.45) is 0 Å². The molecule has 1 amide bonds. The molecule has 2 N–H and O–H groups in total. The SMILES string of the molecule is Cc1nn(-c2ccc3onc(N)c3c2)c2c1CCN(c1ccc(-c3ccccc3CN3CCCC3)cc1)C2=O. The van der Waals surface area contributed by atoms with Gasteiger partial charge in [-0.3, -0.25) is 9.69 Å². The highest BCUT2D eigenvalue weighted by Gasteiger charge is 2.32. The molecule has 0 aliphatic carbocycles. The third-order valence-corrected chi connectivity index (χ3v) is 8.04. The fourth-order valence-electron chi connectivity index (χ4n) is 5.98. The summed E-state index contributed by atoms with van der Waals surface area (Å²) in [5.74, 6) is 0.261. The Bertz CT molecular complexity index is 1690. The van der Waals surface area contributed by atoms with E-state index in [4.69, 9.17) is 15.4 Å². The summed E-state index contributed by atoms with van der Waals surface area (Å²) in [7, 11) is 0. The topological polar surface area (TPSA) is 93.4 Å². The number of likely N-dealkylation sites (tertiary alicyclic amines) is 1. The summed E-state index contributed by atoms with van der Waals surface area (Å²) in [5.41, 5.74) is 14.4. The highest BCUT2D eigenvalue weighted by Crippen LogP contribution is 2.32. The number of nitrogens with two attached hydrogens (primary N) is 1. The van der Waals surface area contributed by atoms with Crippen LogP contribution in [0.5, 0.6) is 0 Å². The molecule has 0 unspecified atom stereocenters. The summed E-state index contributed by atoms with van der Waals surface area (Å²) in [6.45, 7) is 5.88. The summed E-state index contributed by atoms with van der Waals surface area (Å²) in [6, 6.07) is 22.6. The number of rotatable bonds is 5. The number of hydrogen-bond donors (Lipinski definition) is 1. The van der Waals surface area contributed by atoms with E-state index in [0.29, 0.717) is 29.0 Å². The predicted octanol–water partition coefficient (Wildman–Crippen LogP) is 5.37.